The van der Waals surface area contributed by atoms with Crippen LogP contribution in [-0.2, 0) is 10.4 Å². The average Bonchev–Trinajstić information content (AvgIpc) is 2.16. The van der Waals surface area contributed by atoms with Crippen molar-refractivity contribution >= 4 is 16.7 Å². The largest absolute Gasteiger partial charge is 0.504 e. The summed E-state index contributed by atoms with van der Waals surface area (Å²) >= 11 is 0. The van der Waals surface area contributed by atoms with Gasteiger partial charge in [0, 0.05) is 5.56 Å². The van der Waals surface area contributed by atoms with Gasteiger partial charge in [0.2, 0.25) is 0 Å². The molecule has 1 rings (SSSR count). The second kappa shape index (κ2) is 6.05. The van der Waals surface area contributed by atoms with Crippen LogP contribution in [0.2, 0.25) is 0 Å². The summed E-state index contributed by atoms with van der Waals surface area (Å²) < 4.78 is 36.4. The lowest BCUT2D eigenvalue weighted by atomic mass is 10.2. The highest BCUT2D eigenvalue weighted by molar-refractivity contribution is 7.79. The Kier molecular flexibility index (Phi) is 5.43. The van der Waals surface area contributed by atoms with Crippen LogP contribution in [0.4, 0.5) is 0 Å². The third kappa shape index (κ3) is 6.76. The van der Waals surface area contributed by atoms with E-state index in [9.17, 15) is 4.79 Å². The summed E-state index contributed by atoms with van der Waals surface area (Å²) in [6.07, 6.45) is 0.696. The molecular formula is C8H10O7S. The number of hydrogen-bond acceptors (Lipinski definition) is 5. The minimum atomic E-state index is -4.67. The number of benzene rings is 1. The normalized spacial score (nSPS) is 9.94. The molecule has 0 bridgehead atoms. The molecule has 0 saturated carbocycles. The summed E-state index contributed by atoms with van der Waals surface area (Å²) in [5.41, 5.74) is 0.486. The van der Waals surface area contributed by atoms with Gasteiger partial charge in [0.25, 0.3) is 0 Å². The first-order valence-electron chi connectivity index (χ1n) is 3.80. The summed E-state index contributed by atoms with van der Waals surface area (Å²) in [5, 5.41) is 9.09. The van der Waals surface area contributed by atoms with Gasteiger partial charge in [-0.05, 0) is 18.2 Å². The molecule has 0 radical (unpaired) electrons. The summed E-state index contributed by atoms with van der Waals surface area (Å²) in [4.78, 5) is 10.2. The monoisotopic (exact) mass is 250 g/mol. The Bertz CT molecular complexity index is 443. The van der Waals surface area contributed by atoms with Crippen LogP contribution in [0.3, 0.4) is 0 Å². The van der Waals surface area contributed by atoms with E-state index in [4.69, 9.17) is 27.4 Å². The number of phenols is 1. The van der Waals surface area contributed by atoms with Gasteiger partial charge in [-0.25, -0.2) is 0 Å². The molecule has 0 aliphatic heterocycles. The van der Waals surface area contributed by atoms with Gasteiger partial charge < -0.3 is 9.84 Å². The van der Waals surface area contributed by atoms with E-state index >= 15 is 0 Å². The number of rotatable bonds is 2. The van der Waals surface area contributed by atoms with Crippen LogP contribution in [0.1, 0.15) is 10.4 Å². The standard InChI is InChI=1S/C8H8O3.H2O4S/c1-11-8-4-6(5-9)2-3-7(8)10;1-5(2,3)4/h2-5,10H,1H3;(H2,1,2,3,4). The molecule has 0 aliphatic carbocycles. The van der Waals surface area contributed by atoms with E-state index in [0.717, 1.165) is 0 Å². The van der Waals surface area contributed by atoms with Gasteiger partial charge in [-0.3, -0.25) is 13.9 Å². The molecule has 7 nitrogen and oxygen atoms in total. The highest BCUT2D eigenvalue weighted by Gasteiger charge is 2.00. The summed E-state index contributed by atoms with van der Waals surface area (Å²) in [6, 6.07) is 4.41. The third-order valence-electron chi connectivity index (χ3n) is 1.34. The Morgan fingerprint density at radius 3 is 2.19 bits per heavy atom. The number of aldehydes is 1. The Morgan fingerprint density at radius 2 is 1.81 bits per heavy atom. The second-order valence-electron chi connectivity index (χ2n) is 2.50. The van der Waals surface area contributed by atoms with Crippen LogP contribution in [0, 0.1) is 0 Å². The van der Waals surface area contributed by atoms with E-state index in [0.29, 0.717) is 17.6 Å². The van der Waals surface area contributed by atoms with Crippen LogP contribution in [0.5, 0.6) is 11.5 Å². The van der Waals surface area contributed by atoms with Crippen LogP contribution in [-0.4, -0.2) is 36.0 Å². The van der Waals surface area contributed by atoms with Crippen molar-refractivity contribution in [2.24, 2.45) is 0 Å². The molecule has 0 saturated heterocycles. The lowest BCUT2D eigenvalue weighted by Gasteiger charge is -2.01. The zero-order valence-corrected chi connectivity index (χ0v) is 9.01. The summed E-state index contributed by atoms with van der Waals surface area (Å²) in [7, 11) is -3.23. The maximum atomic E-state index is 10.2. The molecule has 0 unspecified atom stereocenters. The van der Waals surface area contributed by atoms with E-state index in [-0.39, 0.29) is 5.75 Å². The Morgan fingerprint density at radius 1 is 1.31 bits per heavy atom. The minimum Gasteiger partial charge on any atom is -0.504 e. The van der Waals surface area contributed by atoms with Crippen molar-refractivity contribution in [1.82, 2.24) is 0 Å². The number of ether oxygens (including phenoxy) is 1. The van der Waals surface area contributed by atoms with Crippen LogP contribution in [0.25, 0.3) is 0 Å². The van der Waals surface area contributed by atoms with Crippen molar-refractivity contribution in [2.45, 2.75) is 0 Å². The van der Waals surface area contributed by atoms with Gasteiger partial charge in [0.1, 0.15) is 6.29 Å². The molecular weight excluding hydrogens is 240 g/mol. The number of aromatic hydroxyl groups is 1. The van der Waals surface area contributed by atoms with Crippen molar-refractivity contribution in [3.8, 4) is 11.5 Å². The number of carbonyl (C=O) groups excluding carboxylic acids is 1. The van der Waals surface area contributed by atoms with Gasteiger partial charge >= 0.3 is 10.4 Å². The molecule has 0 spiro atoms. The lowest BCUT2D eigenvalue weighted by Crippen LogP contribution is -1.89. The topological polar surface area (TPSA) is 121 Å². The molecule has 0 aromatic heterocycles. The maximum Gasteiger partial charge on any atom is 0.394 e. The molecule has 1 aromatic rings. The molecule has 90 valence electrons. The molecule has 0 amide bonds. The molecule has 0 fully saturated rings. The summed E-state index contributed by atoms with van der Waals surface area (Å²) in [5.74, 6) is 0.354. The number of phenolic OH excluding ortho intramolecular Hbond substituents is 1. The summed E-state index contributed by atoms with van der Waals surface area (Å²) in [6.45, 7) is 0. The van der Waals surface area contributed by atoms with E-state index in [1.165, 1.54) is 25.3 Å². The van der Waals surface area contributed by atoms with E-state index in [1.54, 1.807) is 0 Å². The fraction of sp³-hybridized carbons (Fsp3) is 0.125. The predicted octanol–water partition coefficient (Wildman–Crippen LogP) is 0.560. The first-order chi connectivity index (χ1) is 7.27. The fourth-order valence-electron chi connectivity index (χ4n) is 0.768. The van der Waals surface area contributed by atoms with Crippen molar-refractivity contribution in [2.75, 3.05) is 7.11 Å². The number of carbonyl (C=O) groups is 1. The van der Waals surface area contributed by atoms with Crippen molar-refractivity contribution in [3.05, 3.63) is 23.8 Å². The first-order valence-corrected chi connectivity index (χ1v) is 5.19. The molecule has 3 N–H and O–H groups in total. The van der Waals surface area contributed by atoms with Crippen molar-refractivity contribution < 1.29 is 32.2 Å². The molecule has 8 heteroatoms. The van der Waals surface area contributed by atoms with Crippen molar-refractivity contribution in [1.29, 1.82) is 0 Å². The predicted molar refractivity (Wildman–Crippen MR) is 54.2 cm³/mol. The van der Waals surface area contributed by atoms with Gasteiger partial charge in [-0.2, -0.15) is 8.42 Å². The lowest BCUT2D eigenvalue weighted by molar-refractivity contribution is 0.112. The quantitative estimate of drug-likeness (QED) is 0.517. The number of methoxy groups -OCH3 is 1. The Labute approximate surface area is 91.9 Å². The smallest absolute Gasteiger partial charge is 0.394 e. The van der Waals surface area contributed by atoms with Gasteiger partial charge in [0.05, 0.1) is 7.11 Å². The third-order valence-corrected chi connectivity index (χ3v) is 1.34. The zero-order valence-electron chi connectivity index (χ0n) is 8.19. The Hall–Kier alpha value is -1.64. The second-order valence-corrected chi connectivity index (χ2v) is 3.39. The average molecular weight is 250 g/mol. The van der Waals surface area contributed by atoms with Crippen LogP contribution >= 0.6 is 0 Å². The minimum absolute atomic E-state index is 0.0399. The van der Waals surface area contributed by atoms with E-state index < -0.39 is 10.4 Å². The molecule has 0 heterocycles. The van der Waals surface area contributed by atoms with Crippen molar-refractivity contribution in [3.63, 3.8) is 0 Å². The molecule has 1 aromatic carbocycles. The first kappa shape index (κ1) is 14.4. The zero-order chi connectivity index (χ0) is 12.8. The maximum absolute atomic E-state index is 10.2. The van der Waals surface area contributed by atoms with Gasteiger partial charge in [-0.1, -0.05) is 0 Å². The Balaban J connectivity index is 0.000000385. The highest BCUT2D eigenvalue weighted by atomic mass is 32.3. The SMILES string of the molecule is COc1cc(C=O)ccc1O.O=S(=O)(O)O. The van der Waals surface area contributed by atoms with Gasteiger partial charge in [-0.15, -0.1) is 0 Å². The molecule has 0 aliphatic rings. The van der Waals surface area contributed by atoms with Crippen LogP contribution < -0.4 is 4.74 Å². The van der Waals surface area contributed by atoms with E-state index in [2.05, 4.69) is 0 Å². The molecule has 0 atom stereocenters. The molecule has 16 heavy (non-hydrogen) atoms. The van der Waals surface area contributed by atoms with E-state index in [1.807, 2.05) is 0 Å². The van der Waals surface area contributed by atoms with Gasteiger partial charge in [0.15, 0.2) is 11.5 Å². The highest BCUT2D eigenvalue weighted by Crippen LogP contribution is 2.25. The fourth-order valence-corrected chi connectivity index (χ4v) is 0.768. The van der Waals surface area contributed by atoms with Crippen LogP contribution in [0.15, 0.2) is 18.2 Å². The number of hydrogen-bond donors (Lipinski definition) is 3.